The van der Waals surface area contributed by atoms with Gasteiger partial charge in [-0.25, -0.2) is 9.78 Å². The molecule has 0 saturated heterocycles. The summed E-state index contributed by atoms with van der Waals surface area (Å²) in [6.45, 7) is 2.03. The molecule has 1 aromatic rings. The summed E-state index contributed by atoms with van der Waals surface area (Å²) in [7, 11) is 2.11. The predicted octanol–water partition coefficient (Wildman–Crippen LogP) is 3.26. The Morgan fingerprint density at radius 1 is 1.40 bits per heavy atom. The van der Waals surface area contributed by atoms with Crippen molar-refractivity contribution in [2.24, 2.45) is 0 Å². The van der Waals surface area contributed by atoms with Gasteiger partial charge in [-0.2, -0.15) is 0 Å². The molecule has 4 heteroatoms. The van der Waals surface area contributed by atoms with Crippen LogP contribution in [-0.2, 0) is 4.79 Å². The van der Waals surface area contributed by atoms with Gasteiger partial charge in [0.1, 0.15) is 5.82 Å². The highest BCUT2D eigenvalue weighted by molar-refractivity contribution is 5.85. The van der Waals surface area contributed by atoms with E-state index in [0.29, 0.717) is 6.04 Å². The van der Waals surface area contributed by atoms with Gasteiger partial charge < -0.3 is 10.0 Å². The molecule has 0 bridgehead atoms. The van der Waals surface area contributed by atoms with E-state index < -0.39 is 5.97 Å². The van der Waals surface area contributed by atoms with Crippen molar-refractivity contribution >= 4 is 17.9 Å². The van der Waals surface area contributed by atoms with Gasteiger partial charge in [-0.15, -0.1) is 0 Å². The molecule has 1 aliphatic carbocycles. The molecule has 0 radical (unpaired) electrons. The number of hydrogen-bond donors (Lipinski definition) is 1. The fourth-order valence-corrected chi connectivity index (χ4v) is 2.86. The Morgan fingerprint density at radius 3 is 2.70 bits per heavy atom. The van der Waals surface area contributed by atoms with E-state index in [4.69, 9.17) is 5.11 Å². The molecule has 0 aromatic carbocycles. The molecule has 4 nitrogen and oxygen atoms in total. The third-order valence-corrected chi connectivity index (χ3v) is 3.95. The minimum atomic E-state index is -0.939. The third kappa shape index (κ3) is 3.59. The Morgan fingerprint density at radius 2 is 2.10 bits per heavy atom. The van der Waals surface area contributed by atoms with Crippen molar-refractivity contribution in [2.45, 2.75) is 45.1 Å². The Hall–Kier alpha value is -1.84. The fraction of sp³-hybridized carbons (Fsp3) is 0.500. The van der Waals surface area contributed by atoms with Crippen LogP contribution >= 0.6 is 0 Å². The molecule has 2 rings (SSSR count). The second-order valence-corrected chi connectivity index (χ2v) is 5.48. The molecule has 1 aliphatic rings. The second kappa shape index (κ2) is 6.55. The Labute approximate surface area is 120 Å². The van der Waals surface area contributed by atoms with Crippen LogP contribution in [0.25, 0.3) is 6.08 Å². The van der Waals surface area contributed by atoms with Gasteiger partial charge in [0.15, 0.2) is 0 Å². The molecule has 1 saturated carbocycles. The topological polar surface area (TPSA) is 53.4 Å². The lowest BCUT2D eigenvalue weighted by Gasteiger charge is -2.33. The zero-order valence-corrected chi connectivity index (χ0v) is 12.2. The predicted molar refractivity (Wildman–Crippen MR) is 80.9 cm³/mol. The van der Waals surface area contributed by atoms with Crippen molar-refractivity contribution < 1.29 is 9.90 Å². The van der Waals surface area contributed by atoms with Crippen molar-refractivity contribution in [1.29, 1.82) is 0 Å². The lowest BCUT2D eigenvalue weighted by Crippen LogP contribution is -2.34. The summed E-state index contributed by atoms with van der Waals surface area (Å²) in [5, 5.41) is 8.64. The summed E-state index contributed by atoms with van der Waals surface area (Å²) >= 11 is 0. The van der Waals surface area contributed by atoms with Crippen molar-refractivity contribution in [3.8, 4) is 0 Å². The van der Waals surface area contributed by atoms with Gasteiger partial charge in [-0.3, -0.25) is 0 Å². The number of hydrogen-bond acceptors (Lipinski definition) is 3. The number of nitrogens with zero attached hydrogens (tertiary/aromatic N) is 2. The van der Waals surface area contributed by atoms with E-state index in [0.717, 1.165) is 23.0 Å². The molecule has 1 fully saturated rings. The standard InChI is InChI=1S/C16H22N2O2/c1-12-10-13(8-9-15(19)20)11-17-16(12)18(2)14-6-4-3-5-7-14/h8-11,14H,3-7H2,1-2H3,(H,19,20)/b9-8+. The van der Waals surface area contributed by atoms with Crippen LogP contribution < -0.4 is 4.90 Å². The van der Waals surface area contributed by atoms with E-state index in [1.54, 1.807) is 12.3 Å². The van der Waals surface area contributed by atoms with Gasteiger partial charge >= 0.3 is 5.97 Å². The summed E-state index contributed by atoms with van der Waals surface area (Å²) in [5.74, 6) is 0.0652. The Balaban J connectivity index is 2.14. The van der Waals surface area contributed by atoms with Crippen molar-refractivity contribution in [2.75, 3.05) is 11.9 Å². The highest BCUT2D eigenvalue weighted by Crippen LogP contribution is 2.27. The molecule has 0 spiro atoms. The number of aromatic nitrogens is 1. The van der Waals surface area contributed by atoms with E-state index in [1.165, 1.54) is 32.1 Å². The summed E-state index contributed by atoms with van der Waals surface area (Å²) in [5.41, 5.74) is 1.91. The van der Waals surface area contributed by atoms with Crippen LogP contribution in [0.2, 0.25) is 0 Å². The fourth-order valence-electron chi connectivity index (χ4n) is 2.86. The van der Waals surface area contributed by atoms with Crippen LogP contribution in [0.3, 0.4) is 0 Å². The van der Waals surface area contributed by atoms with E-state index in [2.05, 4.69) is 16.9 Å². The van der Waals surface area contributed by atoms with E-state index in [9.17, 15) is 4.79 Å². The lowest BCUT2D eigenvalue weighted by molar-refractivity contribution is -0.131. The Kier molecular flexibility index (Phi) is 4.77. The first-order valence-corrected chi connectivity index (χ1v) is 7.18. The molecule has 0 aliphatic heterocycles. The van der Waals surface area contributed by atoms with Crippen LogP contribution in [0.1, 0.15) is 43.2 Å². The maximum absolute atomic E-state index is 10.5. The first kappa shape index (κ1) is 14.6. The smallest absolute Gasteiger partial charge is 0.328 e. The number of rotatable bonds is 4. The van der Waals surface area contributed by atoms with Gasteiger partial charge in [0, 0.05) is 25.4 Å². The molecular weight excluding hydrogens is 252 g/mol. The molecule has 0 unspecified atom stereocenters. The number of aliphatic carboxylic acids is 1. The minimum Gasteiger partial charge on any atom is -0.478 e. The molecule has 20 heavy (non-hydrogen) atoms. The minimum absolute atomic E-state index is 0.579. The summed E-state index contributed by atoms with van der Waals surface area (Å²) in [6.07, 6.45) is 10.9. The number of carboxylic acid groups (broad SMARTS) is 1. The summed E-state index contributed by atoms with van der Waals surface area (Å²) < 4.78 is 0. The number of carbonyl (C=O) groups is 1. The van der Waals surface area contributed by atoms with Crippen LogP contribution in [0.5, 0.6) is 0 Å². The largest absolute Gasteiger partial charge is 0.478 e. The maximum Gasteiger partial charge on any atom is 0.328 e. The first-order valence-electron chi connectivity index (χ1n) is 7.18. The van der Waals surface area contributed by atoms with Crippen LogP contribution in [-0.4, -0.2) is 29.1 Å². The molecule has 1 heterocycles. The third-order valence-electron chi connectivity index (χ3n) is 3.95. The second-order valence-electron chi connectivity index (χ2n) is 5.48. The van der Waals surface area contributed by atoms with Gasteiger partial charge in [0.25, 0.3) is 0 Å². The lowest BCUT2D eigenvalue weighted by atomic mass is 9.94. The zero-order valence-electron chi connectivity index (χ0n) is 12.2. The van der Waals surface area contributed by atoms with Crippen molar-refractivity contribution in [3.63, 3.8) is 0 Å². The van der Waals surface area contributed by atoms with Crippen molar-refractivity contribution in [1.82, 2.24) is 4.98 Å². The zero-order chi connectivity index (χ0) is 14.5. The van der Waals surface area contributed by atoms with Gasteiger partial charge in [0.05, 0.1) is 0 Å². The molecule has 0 atom stereocenters. The van der Waals surface area contributed by atoms with Crippen molar-refractivity contribution in [3.05, 3.63) is 29.5 Å². The van der Waals surface area contributed by atoms with Gasteiger partial charge in [-0.1, -0.05) is 19.3 Å². The number of pyridine rings is 1. The van der Waals surface area contributed by atoms with Gasteiger partial charge in [0.2, 0.25) is 0 Å². The van der Waals surface area contributed by atoms with Crippen LogP contribution in [0.15, 0.2) is 18.3 Å². The van der Waals surface area contributed by atoms with Crippen LogP contribution in [0.4, 0.5) is 5.82 Å². The quantitative estimate of drug-likeness (QED) is 0.856. The summed E-state index contributed by atoms with van der Waals surface area (Å²) in [4.78, 5) is 17.3. The number of anilines is 1. The van der Waals surface area contributed by atoms with E-state index in [1.807, 2.05) is 13.0 Å². The maximum atomic E-state index is 10.5. The molecule has 108 valence electrons. The van der Waals surface area contributed by atoms with Crippen LogP contribution in [0, 0.1) is 6.92 Å². The molecule has 1 aromatic heterocycles. The van der Waals surface area contributed by atoms with E-state index in [-0.39, 0.29) is 0 Å². The van der Waals surface area contributed by atoms with Gasteiger partial charge in [-0.05, 0) is 43.0 Å². The highest BCUT2D eigenvalue weighted by atomic mass is 16.4. The summed E-state index contributed by atoms with van der Waals surface area (Å²) in [6, 6.07) is 2.57. The average molecular weight is 274 g/mol. The first-order chi connectivity index (χ1) is 9.58. The SMILES string of the molecule is Cc1cc(/C=C/C(=O)O)cnc1N(C)C1CCCCC1. The molecule has 1 N–H and O–H groups in total. The Bertz CT molecular complexity index is 505. The van der Waals surface area contributed by atoms with E-state index >= 15 is 0 Å². The number of aryl methyl sites for hydroxylation is 1. The highest BCUT2D eigenvalue weighted by Gasteiger charge is 2.20. The normalized spacial score (nSPS) is 16.5. The average Bonchev–Trinajstić information content (AvgIpc) is 2.45. The molecular formula is C16H22N2O2. The monoisotopic (exact) mass is 274 g/mol. The molecule has 0 amide bonds. The number of carboxylic acids is 1.